The zero-order valence-electron chi connectivity index (χ0n) is 17.1. The Labute approximate surface area is 182 Å². The number of aliphatic hydroxyl groups excluding tert-OH is 1. The minimum atomic E-state index is -0.959. The molecule has 2 aromatic carbocycles. The lowest BCUT2D eigenvalue weighted by atomic mass is 9.92. The fraction of sp³-hybridized carbons (Fsp3) is 0.273. The zero-order chi connectivity index (χ0) is 23.0. The summed E-state index contributed by atoms with van der Waals surface area (Å²) in [5.41, 5.74) is 3.68. The van der Waals surface area contributed by atoms with Gasteiger partial charge in [-0.05, 0) is 42.8 Å². The highest BCUT2D eigenvalue weighted by Gasteiger charge is 2.53. The molecule has 32 heavy (non-hydrogen) atoms. The molecule has 0 aliphatic carbocycles. The van der Waals surface area contributed by atoms with Crippen LogP contribution in [0.1, 0.15) is 13.3 Å². The minimum Gasteiger partial charge on any atom is -0.391 e. The number of fused-ring (bicyclic) bond motifs is 1. The van der Waals surface area contributed by atoms with Crippen LogP contribution >= 0.6 is 0 Å². The van der Waals surface area contributed by atoms with E-state index in [1.165, 1.54) is 53.5 Å². The number of amides is 2. The second-order valence-corrected chi connectivity index (χ2v) is 7.63. The highest BCUT2D eigenvalue weighted by atomic mass is 19.1. The van der Waals surface area contributed by atoms with E-state index in [1.54, 1.807) is 19.1 Å². The van der Waals surface area contributed by atoms with Gasteiger partial charge in [-0.15, -0.1) is 0 Å². The van der Waals surface area contributed by atoms with Crippen molar-refractivity contribution in [3.8, 4) is 0 Å². The van der Waals surface area contributed by atoms with Gasteiger partial charge in [0.05, 0.1) is 28.7 Å². The fourth-order valence-corrected chi connectivity index (χ4v) is 4.02. The van der Waals surface area contributed by atoms with Crippen molar-refractivity contribution < 1.29 is 24.0 Å². The van der Waals surface area contributed by atoms with Gasteiger partial charge >= 0.3 is 0 Å². The van der Waals surface area contributed by atoms with Crippen molar-refractivity contribution in [2.75, 3.05) is 10.3 Å². The minimum absolute atomic E-state index is 0.0910. The molecule has 2 aromatic rings. The number of aliphatic hydroxyl groups is 1. The Kier molecular flexibility index (Phi) is 5.72. The first-order chi connectivity index (χ1) is 15.3. The first-order valence-corrected chi connectivity index (χ1v) is 10.1. The molecule has 0 bridgehead atoms. The third-order valence-corrected chi connectivity index (χ3v) is 5.69. The number of imide groups is 1. The summed E-state index contributed by atoms with van der Waals surface area (Å²) in [4.78, 5) is 37.8. The fourth-order valence-electron chi connectivity index (χ4n) is 4.02. The van der Waals surface area contributed by atoms with E-state index >= 15 is 0 Å². The maximum atomic E-state index is 13.4. The average Bonchev–Trinajstić information content (AvgIpc) is 3.05. The third-order valence-electron chi connectivity index (χ3n) is 5.69. The Morgan fingerprint density at radius 1 is 1.09 bits per heavy atom. The summed E-state index contributed by atoms with van der Waals surface area (Å²) in [5.74, 6) is -2.27. The summed E-state index contributed by atoms with van der Waals surface area (Å²) >= 11 is 0. The van der Waals surface area contributed by atoms with Gasteiger partial charge in [-0.3, -0.25) is 19.7 Å². The molecule has 0 unspecified atom stereocenters. The van der Waals surface area contributed by atoms with Gasteiger partial charge in [-0.1, -0.05) is 19.1 Å². The van der Waals surface area contributed by atoms with Gasteiger partial charge in [0.2, 0.25) is 5.91 Å². The van der Waals surface area contributed by atoms with Gasteiger partial charge < -0.3 is 10.5 Å². The van der Waals surface area contributed by atoms with E-state index in [1.807, 2.05) is 0 Å². The quantitative estimate of drug-likeness (QED) is 0.307. The predicted molar refractivity (Wildman–Crippen MR) is 114 cm³/mol. The van der Waals surface area contributed by atoms with Crippen molar-refractivity contribution in [2.45, 2.75) is 31.5 Å². The van der Waals surface area contributed by atoms with Crippen LogP contribution in [0.2, 0.25) is 0 Å². The smallest absolute Gasteiger partial charge is 0.269 e. The molecule has 2 aliphatic rings. The summed E-state index contributed by atoms with van der Waals surface area (Å²) < 4.78 is 13.3. The van der Waals surface area contributed by atoms with Gasteiger partial charge in [0.25, 0.3) is 11.6 Å². The van der Waals surface area contributed by atoms with Crippen molar-refractivity contribution in [1.29, 1.82) is 0 Å². The number of hydrazine groups is 1. The van der Waals surface area contributed by atoms with Gasteiger partial charge in [0.15, 0.2) is 0 Å². The number of halogens is 1. The van der Waals surface area contributed by atoms with Crippen LogP contribution in [-0.4, -0.2) is 45.0 Å². The van der Waals surface area contributed by atoms with Crippen LogP contribution in [0, 0.1) is 21.8 Å². The van der Waals surface area contributed by atoms with Gasteiger partial charge in [0.1, 0.15) is 11.9 Å². The molecule has 2 aliphatic heterocycles. The number of nitro groups is 1. The number of anilines is 2. The normalized spacial score (nSPS) is 23.8. The lowest BCUT2D eigenvalue weighted by molar-refractivity contribution is -0.384. The maximum Gasteiger partial charge on any atom is 0.269 e. The maximum absolute atomic E-state index is 13.4. The molecule has 0 spiro atoms. The molecule has 0 radical (unpaired) electrons. The molecule has 10 heteroatoms. The summed E-state index contributed by atoms with van der Waals surface area (Å²) in [6.45, 7) is 1.79. The monoisotopic (exact) mass is 440 g/mol. The van der Waals surface area contributed by atoms with E-state index in [2.05, 4.69) is 5.43 Å². The lowest BCUT2D eigenvalue weighted by Gasteiger charge is -2.40. The molecule has 2 amide bonds. The predicted octanol–water partition coefficient (Wildman–Crippen LogP) is 2.63. The van der Waals surface area contributed by atoms with Gasteiger partial charge in [-0.2, -0.15) is 0 Å². The largest absolute Gasteiger partial charge is 0.391 e. The van der Waals surface area contributed by atoms with Crippen molar-refractivity contribution in [2.24, 2.45) is 5.92 Å². The Morgan fingerprint density at radius 3 is 2.34 bits per heavy atom. The second kappa shape index (κ2) is 8.48. The number of rotatable bonds is 6. The van der Waals surface area contributed by atoms with Crippen molar-refractivity contribution in [3.63, 3.8) is 0 Å². The van der Waals surface area contributed by atoms with Crippen LogP contribution in [0.15, 0.2) is 60.7 Å². The molecule has 0 saturated carbocycles. The summed E-state index contributed by atoms with van der Waals surface area (Å²) in [6, 6.07) is 9.08. The van der Waals surface area contributed by atoms with Crippen molar-refractivity contribution >= 4 is 28.9 Å². The van der Waals surface area contributed by atoms with Crippen LogP contribution in [-0.2, 0) is 9.59 Å². The molecule has 4 atom stereocenters. The van der Waals surface area contributed by atoms with Crippen LogP contribution < -0.4 is 10.3 Å². The number of carbonyl (C=O) groups is 2. The summed E-state index contributed by atoms with van der Waals surface area (Å²) in [6.07, 6.45) is 2.86. The van der Waals surface area contributed by atoms with Crippen LogP contribution in [0.25, 0.3) is 0 Å². The molecule has 2 heterocycles. The first-order valence-electron chi connectivity index (χ1n) is 10.1. The molecule has 1 fully saturated rings. The standard InChI is InChI=1S/C22H21FN4O5/c1-2-19(28)18-12-11-17-20(26(18)24-14-5-9-16(10-6-14)27(31)32)22(30)25(21(17)29)15-7-3-13(23)4-8-15/h3-12,17-20,24,28H,2H2,1H3/t17-,18-,19-,20+/m1/s1. The van der Waals surface area contributed by atoms with Gasteiger partial charge in [0, 0.05) is 17.8 Å². The van der Waals surface area contributed by atoms with E-state index in [0.29, 0.717) is 12.1 Å². The molecule has 2 N–H and O–H groups in total. The molecular formula is C22H21FN4O5. The highest BCUT2D eigenvalue weighted by molar-refractivity contribution is 6.24. The van der Waals surface area contributed by atoms with E-state index in [-0.39, 0.29) is 11.4 Å². The van der Waals surface area contributed by atoms with E-state index < -0.39 is 46.7 Å². The van der Waals surface area contributed by atoms with Crippen LogP contribution in [0.4, 0.5) is 21.5 Å². The Hall–Kier alpha value is -3.63. The van der Waals surface area contributed by atoms with Crippen LogP contribution in [0.5, 0.6) is 0 Å². The van der Waals surface area contributed by atoms with E-state index in [9.17, 15) is 29.2 Å². The lowest BCUT2D eigenvalue weighted by Crippen LogP contribution is -2.57. The molecule has 166 valence electrons. The number of non-ortho nitro benzene ring substituents is 1. The Morgan fingerprint density at radius 2 is 1.75 bits per heavy atom. The number of nitrogens with one attached hydrogen (secondary N) is 1. The van der Waals surface area contributed by atoms with Crippen LogP contribution in [0.3, 0.4) is 0 Å². The van der Waals surface area contributed by atoms with Gasteiger partial charge in [-0.25, -0.2) is 14.3 Å². The Balaban J connectivity index is 1.69. The summed E-state index contributed by atoms with van der Waals surface area (Å²) in [7, 11) is 0. The average molecular weight is 440 g/mol. The topological polar surface area (TPSA) is 116 Å². The number of benzene rings is 2. The van der Waals surface area contributed by atoms with E-state index in [4.69, 9.17) is 0 Å². The van der Waals surface area contributed by atoms with E-state index in [0.717, 1.165) is 4.90 Å². The molecular weight excluding hydrogens is 419 g/mol. The van der Waals surface area contributed by atoms with Crippen molar-refractivity contribution in [1.82, 2.24) is 5.01 Å². The molecule has 9 nitrogen and oxygen atoms in total. The highest BCUT2D eigenvalue weighted by Crippen LogP contribution is 2.36. The molecule has 0 aromatic heterocycles. The molecule has 1 saturated heterocycles. The number of hydrogen-bond acceptors (Lipinski definition) is 7. The number of hydrogen-bond donors (Lipinski definition) is 2. The number of nitrogens with zero attached hydrogens (tertiary/aromatic N) is 3. The SMILES string of the molecule is CC[C@@H](O)[C@H]1C=C[C@H]2C(=O)N(c3ccc(F)cc3)C(=O)[C@H]2N1Nc1ccc([N+](=O)[O-])cc1. The van der Waals surface area contributed by atoms with Crippen molar-refractivity contribution in [3.05, 3.63) is 76.6 Å². The second-order valence-electron chi connectivity index (χ2n) is 7.63. The number of carbonyl (C=O) groups excluding carboxylic acids is 2. The third kappa shape index (κ3) is 3.74. The first kappa shape index (κ1) is 21.6. The molecule has 4 rings (SSSR count). The number of nitro benzene ring substituents is 1. The summed E-state index contributed by atoms with van der Waals surface area (Å²) in [5, 5.41) is 23.0. The Bertz CT molecular complexity index is 1070. The zero-order valence-corrected chi connectivity index (χ0v) is 17.1.